The van der Waals surface area contributed by atoms with E-state index in [9.17, 15) is 19.5 Å². The Bertz CT molecular complexity index is 938. The van der Waals surface area contributed by atoms with E-state index < -0.39 is 18.1 Å². The highest BCUT2D eigenvalue weighted by atomic mass is 16.3. The van der Waals surface area contributed by atoms with E-state index in [1.807, 2.05) is 13.0 Å². The standard InChI is InChI=1S/C18H19N5O4/c1-2-15(24)13-9-23(21-20-13)11-3-4-12-10(7-11)8-22(18(12)27)14-5-6-16(25)19-17(14)26/h3-4,7,9,14-15,24H,2,5-6,8H2,1H3,(H,19,25,26). The van der Waals surface area contributed by atoms with Crippen molar-refractivity contribution in [3.05, 3.63) is 41.2 Å². The maximum Gasteiger partial charge on any atom is 0.255 e. The van der Waals surface area contributed by atoms with Gasteiger partial charge in [-0.3, -0.25) is 19.7 Å². The Hall–Kier alpha value is -3.07. The van der Waals surface area contributed by atoms with Gasteiger partial charge in [0, 0.05) is 18.5 Å². The number of aromatic nitrogens is 3. The van der Waals surface area contributed by atoms with Crippen LogP contribution in [0.25, 0.3) is 5.69 Å². The lowest BCUT2D eigenvalue weighted by atomic mass is 10.0. The monoisotopic (exact) mass is 369 g/mol. The normalized spacial score (nSPS) is 20.6. The van der Waals surface area contributed by atoms with Crippen LogP contribution in [-0.4, -0.2) is 48.8 Å². The Kier molecular flexibility index (Phi) is 4.23. The molecule has 0 bridgehead atoms. The number of piperidine rings is 1. The Morgan fingerprint density at radius 3 is 2.89 bits per heavy atom. The molecule has 1 aromatic carbocycles. The van der Waals surface area contributed by atoms with E-state index in [4.69, 9.17) is 0 Å². The molecular formula is C18H19N5O4. The Labute approximate surface area is 155 Å². The van der Waals surface area contributed by atoms with Crippen LogP contribution in [0, 0.1) is 0 Å². The number of nitrogens with zero attached hydrogens (tertiary/aromatic N) is 4. The predicted octanol–water partition coefficient (Wildman–Crippen LogP) is 0.472. The van der Waals surface area contributed by atoms with Gasteiger partial charge in [-0.15, -0.1) is 5.10 Å². The van der Waals surface area contributed by atoms with E-state index >= 15 is 0 Å². The van der Waals surface area contributed by atoms with Crippen molar-refractivity contribution in [1.29, 1.82) is 0 Å². The van der Waals surface area contributed by atoms with Gasteiger partial charge in [-0.2, -0.15) is 0 Å². The molecule has 3 heterocycles. The molecule has 1 aromatic heterocycles. The first-order chi connectivity index (χ1) is 13.0. The quantitative estimate of drug-likeness (QED) is 0.757. The molecule has 2 aromatic rings. The van der Waals surface area contributed by atoms with Gasteiger partial charge < -0.3 is 10.0 Å². The lowest BCUT2D eigenvalue weighted by molar-refractivity contribution is -0.136. The van der Waals surface area contributed by atoms with Crippen LogP contribution in [0.4, 0.5) is 0 Å². The van der Waals surface area contributed by atoms with Gasteiger partial charge in [-0.05, 0) is 36.6 Å². The number of fused-ring (bicyclic) bond motifs is 1. The third-order valence-corrected chi connectivity index (χ3v) is 5.01. The number of aliphatic hydroxyl groups excluding tert-OH is 1. The van der Waals surface area contributed by atoms with Crippen molar-refractivity contribution in [2.24, 2.45) is 0 Å². The molecule has 2 N–H and O–H groups in total. The smallest absolute Gasteiger partial charge is 0.255 e. The second kappa shape index (κ2) is 6.58. The summed E-state index contributed by atoms with van der Waals surface area (Å²) in [5, 5.41) is 20.2. The Morgan fingerprint density at radius 2 is 2.15 bits per heavy atom. The molecule has 0 saturated carbocycles. The minimum absolute atomic E-state index is 0.216. The van der Waals surface area contributed by atoms with E-state index in [1.165, 1.54) is 4.90 Å². The lowest BCUT2D eigenvalue weighted by Crippen LogP contribution is -2.52. The molecular weight excluding hydrogens is 350 g/mol. The third kappa shape index (κ3) is 2.99. The summed E-state index contributed by atoms with van der Waals surface area (Å²) in [6.45, 7) is 2.15. The summed E-state index contributed by atoms with van der Waals surface area (Å²) in [6, 6.07) is 4.65. The van der Waals surface area contributed by atoms with E-state index in [0.29, 0.717) is 36.3 Å². The van der Waals surface area contributed by atoms with Gasteiger partial charge in [-0.25, -0.2) is 4.68 Å². The summed E-state index contributed by atoms with van der Waals surface area (Å²) < 4.78 is 1.55. The zero-order chi connectivity index (χ0) is 19.1. The minimum Gasteiger partial charge on any atom is -0.387 e. The second-order valence-electron chi connectivity index (χ2n) is 6.75. The van der Waals surface area contributed by atoms with Crippen LogP contribution in [-0.2, 0) is 16.1 Å². The number of amides is 3. The van der Waals surface area contributed by atoms with Gasteiger partial charge in [0.2, 0.25) is 11.8 Å². The highest BCUT2D eigenvalue weighted by molar-refractivity contribution is 6.05. The van der Waals surface area contributed by atoms with Crippen LogP contribution >= 0.6 is 0 Å². The van der Waals surface area contributed by atoms with Crippen molar-refractivity contribution in [3.8, 4) is 5.69 Å². The predicted molar refractivity (Wildman–Crippen MR) is 92.7 cm³/mol. The summed E-state index contributed by atoms with van der Waals surface area (Å²) >= 11 is 0. The fourth-order valence-corrected chi connectivity index (χ4v) is 3.47. The topological polar surface area (TPSA) is 117 Å². The number of hydrogen-bond donors (Lipinski definition) is 2. The highest BCUT2D eigenvalue weighted by Crippen LogP contribution is 2.29. The minimum atomic E-state index is -0.669. The number of benzene rings is 1. The van der Waals surface area contributed by atoms with E-state index in [2.05, 4.69) is 15.6 Å². The summed E-state index contributed by atoms with van der Waals surface area (Å²) in [4.78, 5) is 37.6. The Morgan fingerprint density at radius 1 is 1.33 bits per heavy atom. The average molecular weight is 369 g/mol. The van der Waals surface area contributed by atoms with Gasteiger partial charge in [-0.1, -0.05) is 12.1 Å². The summed E-state index contributed by atoms with van der Waals surface area (Å²) in [5.74, 6) is -0.951. The molecule has 140 valence electrons. The number of hydrogen-bond acceptors (Lipinski definition) is 6. The maximum atomic E-state index is 12.7. The van der Waals surface area contributed by atoms with Gasteiger partial charge in [0.25, 0.3) is 5.91 Å². The molecule has 0 spiro atoms. The molecule has 0 radical (unpaired) electrons. The van der Waals surface area contributed by atoms with Crippen LogP contribution in [0.3, 0.4) is 0 Å². The fraction of sp³-hybridized carbons (Fsp3) is 0.389. The van der Waals surface area contributed by atoms with Gasteiger partial charge in [0.1, 0.15) is 11.7 Å². The zero-order valence-electron chi connectivity index (χ0n) is 14.8. The molecule has 27 heavy (non-hydrogen) atoms. The van der Waals surface area contributed by atoms with Crippen molar-refractivity contribution in [1.82, 2.24) is 25.2 Å². The second-order valence-corrected chi connectivity index (χ2v) is 6.75. The summed E-state index contributed by atoms with van der Waals surface area (Å²) in [5.41, 5.74) is 2.53. The number of aliphatic hydroxyl groups is 1. The summed E-state index contributed by atoms with van der Waals surface area (Å²) in [7, 11) is 0. The van der Waals surface area contributed by atoms with Crippen molar-refractivity contribution < 1.29 is 19.5 Å². The number of rotatable bonds is 4. The number of carbonyl (C=O) groups is 3. The zero-order valence-corrected chi connectivity index (χ0v) is 14.8. The van der Waals surface area contributed by atoms with Gasteiger partial charge in [0.15, 0.2) is 0 Å². The first-order valence-corrected chi connectivity index (χ1v) is 8.86. The molecule has 1 fully saturated rings. The first kappa shape index (κ1) is 17.3. The number of imide groups is 1. The number of carbonyl (C=O) groups excluding carboxylic acids is 3. The van der Waals surface area contributed by atoms with Crippen LogP contribution in [0.1, 0.15) is 53.9 Å². The molecule has 3 amide bonds. The third-order valence-electron chi connectivity index (χ3n) is 5.01. The molecule has 0 aliphatic carbocycles. The summed E-state index contributed by atoms with van der Waals surface area (Å²) in [6.07, 6.45) is 2.09. The van der Waals surface area contributed by atoms with E-state index in [0.717, 1.165) is 5.56 Å². The molecule has 9 nitrogen and oxygen atoms in total. The van der Waals surface area contributed by atoms with Crippen molar-refractivity contribution in [3.63, 3.8) is 0 Å². The molecule has 2 aliphatic rings. The highest BCUT2D eigenvalue weighted by Gasteiger charge is 2.39. The van der Waals surface area contributed by atoms with E-state index in [1.54, 1.807) is 23.0 Å². The van der Waals surface area contributed by atoms with Gasteiger partial charge in [0.05, 0.1) is 18.0 Å². The van der Waals surface area contributed by atoms with Crippen LogP contribution in [0.5, 0.6) is 0 Å². The molecule has 2 aliphatic heterocycles. The molecule has 2 unspecified atom stereocenters. The first-order valence-electron chi connectivity index (χ1n) is 8.86. The largest absolute Gasteiger partial charge is 0.387 e. The van der Waals surface area contributed by atoms with Gasteiger partial charge >= 0.3 is 0 Å². The lowest BCUT2D eigenvalue weighted by Gasteiger charge is -2.29. The van der Waals surface area contributed by atoms with Crippen molar-refractivity contribution >= 4 is 17.7 Å². The molecule has 2 atom stereocenters. The van der Waals surface area contributed by atoms with Crippen molar-refractivity contribution in [2.75, 3.05) is 0 Å². The van der Waals surface area contributed by atoms with Crippen LogP contribution < -0.4 is 5.32 Å². The Balaban J connectivity index is 1.58. The molecule has 1 saturated heterocycles. The van der Waals surface area contributed by atoms with E-state index in [-0.39, 0.29) is 18.2 Å². The SMILES string of the molecule is CCC(O)c1cn(-c2ccc3c(c2)CN(C2CCC(=O)NC2=O)C3=O)nn1. The van der Waals surface area contributed by atoms with Crippen LogP contribution in [0.2, 0.25) is 0 Å². The molecule has 4 rings (SSSR count). The number of nitrogens with one attached hydrogen (secondary N) is 1. The fourth-order valence-electron chi connectivity index (χ4n) is 3.47. The molecule has 9 heteroatoms. The van der Waals surface area contributed by atoms with Crippen molar-refractivity contribution in [2.45, 2.75) is 44.9 Å². The average Bonchev–Trinajstić information content (AvgIpc) is 3.26. The maximum absolute atomic E-state index is 12.7. The van der Waals surface area contributed by atoms with Crippen LogP contribution in [0.15, 0.2) is 24.4 Å².